The van der Waals surface area contributed by atoms with Gasteiger partial charge >= 0.3 is 0 Å². The van der Waals surface area contributed by atoms with E-state index in [4.69, 9.17) is 9.47 Å². The number of aryl methyl sites for hydroxylation is 2. The quantitative estimate of drug-likeness (QED) is 0.790. The number of rotatable bonds is 6. The lowest BCUT2D eigenvalue weighted by atomic mass is 10.1. The molecular formula is C19H22N2O4. The molecule has 2 N–H and O–H groups in total. The van der Waals surface area contributed by atoms with Crippen molar-refractivity contribution < 1.29 is 19.1 Å². The Balaban J connectivity index is 1.99. The molecule has 2 rings (SSSR count). The first-order chi connectivity index (χ1) is 11.9. The third-order valence-electron chi connectivity index (χ3n) is 3.79. The number of hydrogen-bond donors (Lipinski definition) is 2. The molecule has 6 nitrogen and oxygen atoms in total. The predicted molar refractivity (Wildman–Crippen MR) is 97.3 cm³/mol. The highest BCUT2D eigenvalue weighted by Gasteiger charge is 2.13. The van der Waals surface area contributed by atoms with Gasteiger partial charge in [0.25, 0.3) is 0 Å². The van der Waals surface area contributed by atoms with Crippen molar-refractivity contribution in [2.45, 2.75) is 20.3 Å². The second-order valence-corrected chi connectivity index (χ2v) is 5.64. The second-order valence-electron chi connectivity index (χ2n) is 5.64. The molecule has 0 spiro atoms. The summed E-state index contributed by atoms with van der Waals surface area (Å²) in [6, 6.07) is 10.6. The summed E-state index contributed by atoms with van der Waals surface area (Å²) < 4.78 is 10.3. The highest BCUT2D eigenvalue weighted by atomic mass is 16.5. The zero-order valence-electron chi connectivity index (χ0n) is 14.8. The normalized spacial score (nSPS) is 10.1. The second kappa shape index (κ2) is 8.19. The lowest BCUT2D eigenvalue weighted by molar-refractivity contribution is -0.123. The molecule has 0 bridgehead atoms. The van der Waals surface area contributed by atoms with Crippen LogP contribution in [0.5, 0.6) is 11.5 Å². The van der Waals surface area contributed by atoms with E-state index in [1.165, 1.54) is 14.2 Å². The van der Waals surface area contributed by atoms with Crippen LogP contribution < -0.4 is 20.1 Å². The molecule has 0 saturated heterocycles. The van der Waals surface area contributed by atoms with Crippen molar-refractivity contribution in [3.8, 4) is 11.5 Å². The number of methoxy groups -OCH3 is 2. The van der Waals surface area contributed by atoms with Crippen molar-refractivity contribution in [2.75, 3.05) is 24.9 Å². The summed E-state index contributed by atoms with van der Waals surface area (Å²) in [6.45, 7) is 3.96. The van der Waals surface area contributed by atoms with E-state index in [9.17, 15) is 9.59 Å². The molecule has 0 atom stereocenters. The van der Waals surface area contributed by atoms with Crippen LogP contribution in [0.1, 0.15) is 17.5 Å². The fraction of sp³-hybridized carbons (Fsp3) is 0.263. The van der Waals surface area contributed by atoms with E-state index in [1.807, 2.05) is 32.0 Å². The fourth-order valence-electron chi connectivity index (χ4n) is 2.28. The standard InChI is InChI=1S/C19H22N2O4/c1-12-5-6-14(9-13(12)2)20-18(22)11-19(23)21-16-10-15(24-3)7-8-17(16)25-4/h5-10H,11H2,1-4H3,(H,20,22)(H,21,23). The van der Waals surface area contributed by atoms with Crippen molar-refractivity contribution >= 4 is 23.2 Å². The maximum Gasteiger partial charge on any atom is 0.233 e. The highest BCUT2D eigenvalue weighted by molar-refractivity contribution is 6.08. The summed E-state index contributed by atoms with van der Waals surface area (Å²) in [6.07, 6.45) is -0.298. The lowest BCUT2D eigenvalue weighted by Crippen LogP contribution is -2.21. The molecule has 2 aromatic carbocycles. The third-order valence-corrected chi connectivity index (χ3v) is 3.79. The number of benzene rings is 2. The van der Waals surface area contributed by atoms with E-state index in [1.54, 1.807) is 18.2 Å². The van der Waals surface area contributed by atoms with Gasteiger partial charge in [-0.05, 0) is 49.2 Å². The SMILES string of the molecule is COc1ccc(OC)c(NC(=O)CC(=O)Nc2ccc(C)c(C)c2)c1. The highest BCUT2D eigenvalue weighted by Crippen LogP contribution is 2.29. The Morgan fingerprint density at radius 2 is 1.60 bits per heavy atom. The van der Waals surface area contributed by atoms with Crippen molar-refractivity contribution in [1.82, 2.24) is 0 Å². The van der Waals surface area contributed by atoms with Gasteiger partial charge in [-0.25, -0.2) is 0 Å². The average Bonchev–Trinajstić information content (AvgIpc) is 2.57. The molecule has 0 aliphatic carbocycles. The molecule has 2 aromatic rings. The topological polar surface area (TPSA) is 76.7 Å². The number of amides is 2. The minimum atomic E-state index is -0.437. The van der Waals surface area contributed by atoms with E-state index >= 15 is 0 Å². The minimum Gasteiger partial charge on any atom is -0.497 e. The van der Waals surface area contributed by atoms with Gasteiger partial charge in [0.15, 0.2) is 0 Å². The number of hydrogen-bond acceptors (Lipinski definition) is 4. The molecule has 0 aromatic heterocycles. The zero-order chi connectivity index (χ0) is 18.4. The lowest BCUT2D eigenvalue weighted by Gasteiger charge is -2.12. The van der Waals surface area contributed by atoms with Crippen molar-refractivity contribution in [3.05, 3.63) is 47.5 Å². The Bertz CT molecular complexity index is 787. The molecule has 0 fully saturated rings. The van der Waals surface area contributed by atoms with E-state index < -0.39 is 5.91 Å². The van der Waals surface area contributed by atoms with Gasteiger partial charge in [0, 0.05) is 11.8 Å². The average molecular weight is 342 g/mol. The van der Waals surface area contributed by atoms with Crippen molar-refractivity contribution in [3.63, 3.8) is 0 Å². The minimum absolute atomic E-state index is 0.298. The largest absolute Gasteiger partial charge is 0.497 e. The first kappa shape index (κ1) is 18.3. The predicted octanol–water partition coefficient (Wildman–Crippen LogP) is 3.29. The number of nitrogens with one attached hydrogen (secondary N) is 2. The van der Waals surface area contributed by atoms with Crippen molar-refractivity contribution in [2.24, 2.45) is 0 Å². The van der Waals surface area contributed by atoms with Crippen LogP contribution in [-0.4, -0.2) is 26.0 Å². The monoisotopic (exact) mass is 342 g/mol. The van der Waals surface area contributed by atoms with Crippen LogP contribution in [0.15, 0.2) is 36.4 Å². The summed E-state index contributed by atoms with van der Waals surface area (Å²) >= 11 is 0. The Morgan fingerprint density at radius 1 is 0.880 bits per heavy atom. The first-order valence-corrected chi connectivity index (χ1v) is 7.82. The number of ether oxygens (including phenoxy) is 2. The van der Waals surface area contributed by atoms with Gasteiger partial charge in [-0.2, -0.15) is 0 Å². The molecule has 0 heterocycles. The first-order valence-electron chi connectivity index (χ1n) is 7.82. The maximum absolute atomic E-state index is 12.1. The Kier molecular flexibility index (Phi) is 6.00. The van der Waals surface area contributed by atoms with Gasteiger partial charge in [-0.1, -0.05) is 6.07 Å². The molecule has 0 unspecified atom stereocenters. The molecule has 132 valence electrons. The molecule has 0 aliphatic rings. The van der Waals surface area contributed by atoms with Crippen LogP contribution >= 0.6 is 0 Å². The van der Waals surface area contributed by atoms with Crippen LogP contribution in [0.4, 0.5) is 11.4 Å². The zero-order valence-corrected chi connectivity index (χ0v) is 14.8. The van der Waals surface area contributed by atoms with Gasteiger partial charge in [0.2, 0.25) is 11.8 Å². The van der Waals surface area contributed by atoms with Crippen LogP contribution in [0.3, 0.4) is 0 Å². The van der Waals surface area contributed by atoms with E-state index in [0.717, 1.165) is 11.1 Å². The number of carbonyl (C=O) groups is 2. The Morgan fingerprint density at radius 3 is 2.24 bits per heavy atom. The molecule has 6 heteroatoms. The van der Waals surface area contributed by atoms with E-state index in [0.29, 0.717) is 22.9 Å². The number of anilines is 2. The van der Waals surface area contributed by atoms with Gasteiger partial charge < -0.3 is 20.1 Å². The summed E-state index contributed by atoms with van der Waals surface area (Å²) in [5.74, 6) is 0.245. The van der Waals surface area contributed by atoms with Gasteiger partial charge in [-0.15, -0.1) is 0 Å². The molecule has 25 heavy (non-hydrogen) atoms. The third kappa shape index (κ3) is 4.97. The Hall–Kier alpha value is -3.02. The maximum atomic E-state index is 12.1. The summed E-state index contributed by atoms with van der Waals surface area (Å²) in [7, 11) is 3.04. The Labute approximate surface area is 147 Å². The molecule has 0 aliphatic heterocycles. The molecular weight excluding hydrogens is 320 g/mol. The van der Waals surface area contributed by atoms with Gasteiger partial charge in [-0.3, -0.25) is 9.59 Å². The smallest absolute Gasteiger partial charge is 0.233 e. The van der Waals surface area contributed by atoms with Crippen LogP contribution in [0.2, 0.25) is 0 Å². The van der Waals surface area contributed by atoms with Crippen LogP contribution in [0.25, 0.3) is 0 Å². The van der Waals surface area contributed by atoms with Gasteiger partial charge in [0.05, 0.1) is 19.9 Å². The molecule has 2 amide bonds. The summed E-state index contributed by atoms with van der Waals surface area (Å²) in [5, 5.41) is 5.39. The van der Waals surface area contributed by atoms with Crippen LogP contribution in [-0.2, 0) is 9.59 Å². The molecule has 0 saturated carbocycles. The summed E-state index contributed by atoms with van der Waals surface area (Å²) in [4.78, 5) is 24.2. The summed E-state index contributed by atoms with van der Waals surface area (Å²) in [5.41, 5.74) is 3.33. The van der Waals surface area contributed by atoms with E-state index in [2.05, 4.69) is 10.6 Å². The van der Waals surface area contributed by atoms with E-state index in [-0.39, 0.29) is 12.3 Å². The van der Waals surface area contributed by atoms with Gasteiger partial charge in [0.1, 0.15) is 17.9 Å². The van der Waals surface area contributed by atoms with Crippen LogP contribution in [0, 0.1) is 13.8 Å². The number of carbonyl (C=O) groups excluding carboxylic acids is 2. The van der Waals surface area contributed by atoms with Crippen molar-refractivity contribution in [1.29, 1.82) is 0 Å². The fourth-order valence-corrected chi connectivity index (χ4v) is 2.28. The molecule has 0 radical (unpaired) electrons.